The number of rotatable bonds is 6. The Morgan fingerprint density at radius 2 is 2.12 bits per heavy atom. The van der Waals surface area contributed by atoms with E-state index in [0.717, 1.165) is 0 Å². The Balaban J connectivity index is 2.79. The van der Waals surface area contributed by atoms with Crippen molar-refractivity contribution in [2.24, 2.45) is 0 Å². The Kier molecular flexibility index (Phi) is 5.24. The van der Waals surface area contributed by atoms with E-state index in [1.807, 2.05) is 6.92 Å². The molecule has 1 aromatic carbocycles. The topological polar surface area (TPSA) is 69.4 Å². The second-order valence-corrected chi connectivity index (χ2v) is 6.07. The number of anilines is 1. The fourth-order valence-corrected chi connectivity index (χ4v) is 3.07. The zero-order chi connectivity index (χ0) is 12.9. The third kappa shape index (κ3) is 4.18. The summed E-state index contributed by atoms with van der Waals surface area (Å²) >= 11 is 5.76. The first-order valence-corrected chi connectivity index (χ1v) is 7.36. The van der Waals surface area contributed by atoms with Crippen molar-refractivity contribution in [1.82, 2.24) is 0 Å². The molecule has 0 aromatic heterocycles. The molecular weight excluding hydrogens is 262 g/mol. The van der Waals surface area contributed by atoms with Crippen molar-refractivity contribution in [3.8, 4) is 0 Å². The van der Waals surface area contributed by atoms with Crippen molar-refractivity contribution in [2.45, 2.75) is 18.2 Å². The minimum Gasteiger partial charge on any atom is -0.398 e. The predicted octanol–water partition coefficient (Wildman–Crippen LogP) is 2.12. The molecule has 0 atom stereocenters. The number of sulfone groups is 1. The molecule has 0 radical (unpaired) electrons. The lowest BCUT2D eigenvalue weighted by Crippen LogP contribution is -2.11. The van der Waals surface area contributed by atoms with Gasteiger partial charge in [-0.3, -0.25) is 0 Å². The molecule has 17 heavy (non-hydrogen) atoms. The van der Waals surface area contributed by atoms with Crippen LogP contribution in [-0.4, -0.2) is 27.4 Å². The van der Waals surface area contributed by atoms with Gasteiger partial charge in [-0.1, -0.05) is 11.6 Å². The SMILES string of the molecule is CCOCCCS(=O)(=O)c1cc(Cl)ccc1N. The summed E-state index contributed by atoms with van der Waals surface area (Å²) < 4.78 is 29.0. The Bertz CT molecular complexity index is 474. The van der Waals surface area contributed by atoms with Crippen LogP contribution in [0, 0.1) is 0 Å². The minimum atomic E-state index is -3.38. The van der Waals surface area contributed by atoms with E-state index in [9.17, 15) is 8.42 Å². The van der Waals surface area contributed by atoms with Gasteiger partial charge in [0, 0.05) is 18.2 Å². The molecule has 0 saturated carbocycles. The van der Waals surface area contributed by atoms with Gasteiger partial charge in [0.25, 0.3) is 0 Å². The zero-order valence-electron chi connectivity index (χ0n) is 9.65. The van der Waals surface area contributed by atoms with E-state index in [1.54, 1.807) is 6.07 Å². The summed E-state index contributed by atoms with van der Waals surface area (Å²) in [5.41, 5.74) is 5.86. The van der Waals surface area contributed by atoms with Crippen LogP contribution in [0.2, 0.25) is 5.02 Å². The molecule has 0 spiro atoms. The van der Waals surface area contributed by atoms with Crippen LogP contribution in [0.15, 0.2) is 23.1 Å². The van der Waals surface area contributed by atoms with Gasteiger partial charge in [0.2, 0.25) is 0 Å². The molecule has 6 heteroatoms. The van der Waals surface area contributed by atoms with Gasteiger partial charge in [-0.2, -0.15) is 0 Å². The summed E-state index contributed by atoms with van der Waals surface area (Å²) in [6, 6.07) is 4.45. The maximum absolute atomic E-state index is 12.0. The Morgan fingerprint density at radius 3 is 2.76 bits per heavy atom. The lowest BCUT2D eigenvalue weighted by Gasteiger charge is -2.08. The highest BCUT2D eigenvalue weighted by Gasteiger charge is 2.17. The Labute approximate surface area is 107 Å². The molecule has 0 aliphatic rings. The van der Waals surface area contributed by atoms with Gasteiger partial charge < -0.3 is 10.5 Å². The first kappa shape index (κ1) is 14.3. The van der Waals surface area contributed by atoms with Gasteiger partial charge in [0.1, 0.15) is 0 Å². The van der Waals surface area contributed by atoms with Crippen LogP contribution < -0.4 is 5.73 Å². The van der Waals surface area contributed by atoms with Crippen LogP contribution in [0.25, 0.3) is 0 Å². The number of hydrogen-bond donors (Lipinski definition) is 1. The van der Waals surface area contributed by atoms with Crippen molar-refractivity contribution in [1.29, 1.82) is 0 Å². The van der Waals surface area contributed by atoms with E-state index in [4.69, 9.17) is 22.1 Å². The highest BCUT2D eigenvalue weighted by molar-refractivity contribution is 7.91. The van der Waals surface area contributed by atoms with E-state index in [2.05, 4.69) is 0 Å². The number of halogens is 1. The van der Waals surface area contributed by atoms with Crippen molar-refractivity contribution in [3.63, 3.8) is 0 Å². The quantitative estimate of drug-likeness (QED) is 0.639. The zero-order valence-corrected chi connectivity index (χ0v) is 11.2. The fourth-order valence-electron chi connectivity index (χ4n) is 1.38. The van der Waals surface area contributed by atoms with E-state index in [1.165, 1.54) is 12.1 Å². The molecule has 0 heterocycles. The second-order valence-electron chi connectivity index (χ2n) is 3.55. The van der Waals surface area contributed by atoms with Crippen LogP contribution in [0.4, 0.5) is 5.69 Å². The van der Waals surface area contributed by atoms with Crippen LogP contribution in [0.1, 0.15) is 13.3 Å². The van der Waals surface area contributed by atoms with Gasteiger partial charge in [-0.05, 0) is 31.5 Å². The molecule has 0 bridgehead atoms. The maximum Gasteiger partial charge on any atom is 0.180 e. The van der Waals surface area contributed by atoms with Crippen LogP contribution in [-0.2, 0) is 14.6 Å². The van der Waals surface area contributed by atoms with Crippen LogP contribution in [0.5, 0.6) is 0 Å². The largest absolute Gasteiger partial charge is 0.398 e. The summed E-state index contributed by atoms with van der Waals surface area (Å²) in [5.74, 6) is 0.0115. The smallest absolute Gasteiger partial charge is 0.180 e. The molecule has 0 fully saturated rings. The van der Waals surface area contributed by atoms with Crippen LogP contribution in [0.3, 0.4) is 0 Å². The second kappa shape index (κ2) is 6.23. The molecule has 0 saturated heterocycles. The summed E-state index contributed by atoms with van der Waals surface area (Å²) in [5, 5.41) is 0.364. The Morgan fingerprint density at radius 1 is 1.41 bits per heavy atom. The molecular formula is C11H16ClNO3S. The molecule has 96 valence electrons. The van der Waals surface area contributed by atoms with E-state index < -0.39 is 9.84 Å². The normalized spacial score (nSPS) is 11.6. The molecule has 2 N–H and O–H groups in total. The molecule has 0 unspecified atom stereocenters. The van der Waals surface area contributed by atoms with Crippen molar-refractivity contribution in [3.05, 3.63) is 23.2 Å². The third-order valence-corrected chi connectivity index (χ3v) is 4.30. The predicted molar refractivity (Wildman–Crippen MR) is 69.0 cm³/mol. The lowest BCUT2D eigenvalue weighted by atomic mass is 10.3. The number of benzene rings is 1. The fraction of sp³-hybridized carbons (Fsp3) is 0.455. The number of hydrogen-bond acceptors (Lipinski definition) is 4. The summed E-state index contributed by atoms with van der Waals surface area (Å²) in [6.45, 7) is 2.87. The van der Waals surface area contributed by atoms with E-state index >= 15 is 0 Å². The summed E-state index contributed by atoms with van der Waals surface area (Å²) in [7, 11) is -3.38. The molecule has 4 nitrogen and oxygen atoms in total. The number of ether oxygens (including phenoxy) is 1. The average Bonchev–Trinajstić information content (AvgIpc) is 2.28. The molecule has 1 aromatic rings. The monoisotopic (exact) mass is 277 g/mol. The number of nitrogen functional groups attached to an aromatic ring is 1. The van der Waals surface area contributed by atoms with Gasteiger partial charge in [0.15, 0.2) is 9.84 Å². The lowest BCUT2D eigenvalue weighted by molar-refractivity contribution is 0.148. The van der Waals surface area contributed by atoms with Crippen molar-refractivity contribution < 1.29 is 13.2 Å². The van der Waals surface area contributed by atoms with E-state index in [-0.39, 0.29) is 16.3 Å². The van der Waals surface area contributed by atoms with Gasteiger partial charge in [-0.15, -0.1) is 0 Å². The molecule has 0 aliphatic carbocycles. The first-order chi connectivity index (χ1) is 7.97. The maximum atomic E-state index is 12.0. The molecule has 0 amide bonds. The summed E-state index contributed by atoms with van der Waals surface area (Å²) in [6.07, 6.45) is 0.447. The highest BCUT2D eigenvalue weighted by Crippen LogP contribution is 2.24. The van der Waals surface area contributed by atoms with Gasteiger partial charge >= 0.3 is 0 Å². The highest BCUT2D eigenvalue weighted by atomic mass is 35.5. The standard InChI is InChI=1S/C11H16ClNO3S/c1-2-16-6-3-7-17(14,15)11-8-9(12)4-5-10(11)13/h4-5,8H,2-3,6-7,13H2,1H3. The van der Waals surface area contributed by atoms with Gasteiger partial charge in [-0.25, -0.2) is 8.42 Å². The molecule has 1 rings (SSSR count). The summed E-state index contributed by atoms with van der Waals surface area (Å²) in [4.78, 5) is 0.0986. The van der Waals surface area contributed by atoms with Crippen LogP contribution >= 0.6 is 11.6 Å². The first-order valence-electron chi connectivity index (χ1n) is 5.33. The third-order valence-electron chi connectivity index (χ3n) is 2.22. The number of nitrogens with two attached hydrogens (primary N) is 1. The average molecular weight is 278 g/mol. The molecule has 0 aliphatic heterocycles. The Hall–Kier alpha value is -0.780. The van der Waals surface area contributed by atoms with Crippen molar-refractivity contribution >= 4 is 27.1 Å². The van der Waals surface area contributed by atoms with Gasteiger partial charge in [0.05, 0.1) is 16.3 Å². The minimum absolute atomic E-state index is 0.0115. The van der Waals surface area contributed by atoms with Crippen molar-refractivity contribution in [2.75, 3.05) is 24.7 Å². The van der Waals surface area contributed by atoms with E-state index in [0.29, 0.717) is 24.7 Å².